The second kappa shape index (κ2) is 7.45. The van der Waals surface area contributed by atoms with E-state index in [1.807, 2.05) is 18.5 Å². The Morgan fingerprint density at radius 2 is 2.25 bits per heavy atom. The van der Waals surface area contributed by atoms with Crippen molar-refractivity contribution >= 4 is 11.8 Å². The second-order valence-electron chi connectivity index (χ2n) is 4.45. The predicted octanol–water partition coefficient (Wildman–Crippen LogP) is 3.49. The number of thioether (sulfide) groups is 1. The minimum Gasteiger partial charge on any atom is -0.334 e. The lowest BCUT2D eigenvalue weighted by Gasteiger charge is -2.18. The van der Waals surface area contributed by atoms with Gasteiger partial charge in [-0.15, -0.1) is 11.8 Å². The van der Waals surface area contributed by atoms with Crippen molar-refractivity contribution in [2.75, 3.05) is 12.3 Å². The minimum absolute atomic E-state index is 0.170. The summed E-state index contributed by atoms with van der Waals surface area (Å²) in [6.45, 7) is 5.97. The molecule has 1 N–H and O–H groups in total. The third-order valence-electron chi connectivity index (χ3n) is 3.06. The lowest BCUT2D eigenvalue weighted by Crippen LogP contribution is -2.26. The molecule has 1 aromatic heterocycles. The Morgan fingerprint density at radius 3 is 2.95 bits per heavy atom. The quantitative estimate of drug-likeness (QED) is 0.793. The molecule has 0 spiro atoms. The molecule has 0 radical (unpaired) electrons. The standard InChI is InChI=1S/C15H20FN3S/c1-3-17-14(15-18-8-9-19(15)4-2)11-20-13-7-5-6-12(16)10-13/h5-10,14,17H,3-4,11H2,1-2H3. The van der Waals surface area contributed by atoms with Crippen LogP contribution in [0.4, 0.5) is 4.39 Å². The van der Waals surface area contributed by atoms with Crippen LogP contribution in [-0.4, -0.2) is 21.8 Å². The molecule has 1 aromatic carbocycles. The maximum Gasteiger partial charge on any atom is 0.126 e. The molecule has 2 rings (SSSR count). The van der Waals surface area contributed by atoms with Crippen LogP contribution in [0.3, 0.4) is 0 Å². The Labute approximate surface area is 123 Å². The Morgan fingerprint density at radius 1 is 1.40 bits per heavy atom. The maximum atomic E-state index is 13.2. The number of hydrogen-bond donors (Lipinski definition) is 1. The molecule has 0 bridgehead atoms. The zero-order valence-corrected chi connectivity index (χ0v) is 12.7. The predicted molar refractivity (Wildman–Crippen MR) is 81.4 cm³/mol. The van der Waals surface area contributed by atoms with E-state index in [9.17, 15) is 4.39 Å². The number of nitrogens with zero attached hydrogens (tertiary/aromatic N) is 2. The molecule has 0 saturated carbocycles. The number of aryl methyl sites for hydroxylation is 1. The van der Waals surface area contributed by atoms with Gasteiger partial charge in [-0.25, -0.2) is 9.37 Å². The molecular formula is C15H20FN3S. The van der Waals surface area contributed by atoms with E-state index in [0.717, 1.165) is 29.6 Å². The fourth-order valence-corrected chi connectivity index (χ4v) is 3.10. The summed E-state index contributed by atoms with van der Waals surface area (Å²) in [4.78, 5) is 5.40. The third-order valence-corrected chi connectivity index (χ3v) is 4.15. The average Bonchev–Trinajstić information content (AvgIpc) is 2.92. The molecule has 0 fully saturated rings. The van der Waals surface area contributed by atoms with Crippen molar-refractivity contribution in [3.8, 4) is 0 Å². The SMILES string of the molecule is CCNC(CSc1cccc(F)c1)c1nccn1CC. The van der Waals surface area contributed by atoms with E-state index in [2.05, 4.69) is 28.7 Å². The van der Waals surface area contributed by atoms with Crippen LogP contribution in [0.2, 0.25) is 0 Å². The number of rotatable bonds is 7. The molecule has 0 aliphatic carbocycles. The maximum absolute atomic E-state index is 13.2. The van der Waals surface area contributed by atoms with Crippen molar-refractivity contribution in [2.45, 2.75) is 31.3 Å². The Bertz CT molecular complexity index is 541. The van der Waals surface area contributed by atoms with Gasteiger partial charge >= 0.3 is 0 Å². The first-order valence-corrected chi connectivity index (χ1v) is 7.86. The molecule has 5 heteroatoms. The summed E-state index contributed by atoms with van der Waals surface area (Å²) >= 11 is 1.64. The van der Waals surface area contributed by atoms with Crippen LogP contribution in [0.5, 0.6) is 0 Å². The summed E-state index contributed by atoms with van der Waals surface area (Å²) in [5, 5.41) is 3.45. The normalized spacial score (nSPS) is 12.6. The largest absolute Gasteiger partial charge is 0.334 e. The summed E-state index contributed by atoms with van der Waals surface area (Å²) in [6, 6.07) is 6.88. The Hall–Kier alpha value is -1.33. The van der Waals surface area contributed by atoms with Gasteiger partial charge in [0.1, 0.15) is 11.6 Å². The van der Waals surface area contributed by atoms with Crippen molar-refractivity contribution in [3.05, 3.63) is 48.3 Å². The molecule has 0 aliphatic rings. The molecule has 108 valence electrons. The number of aromatic nitrogens is 2. The van der Waals surface area contributed by atoms with Gasteiger partial charge in [-0.2, -0.15) is 0 Å². The van der Waals surface area contributed by atoms with Gasteiger partial charge in [-0.3, -0.25) is 0 Å². The zero-order valence-electron chi connectivity index (χ0n) is 11.8. The summed E-state index contributed by atoms with van der Waals surface area (Å²) in [7, 11) is 0. The van der Waals surface area contributed by atoms with E-state index in [4.69, 9.17) is 0 Å². The number of halogens is 1. The van der Waals surface area contributed by atoms with E-state index < -0.39 is 0 Å². The smallest absolute Gasteiger partial charge is 0.126 e. The van der Waals surface area contributed by atoms with Crippen molar-refractivity contribution in [1.82, 2.24) is 14.9 Å². The lowest BCUT2D eigenvalue weighted by atomic mass is 10.3. The van der Waals surface area contributed by atoms with Crippen LogP contribution in [0, 0.1) is 5.82 Å². The van der Waals surface area contributed by atoms with Crippen molar-refractivity contribution in [3.63, 3.8) is 0 Å². The molecule has 1 unspecified atom stereocenters. The number of benzene rings is 1. The van der Waals surface area contributed by atoms with Gasteiger partial charge in [-0.1, -0.05) is 13.0 Å². The van der Waals surface area contributed by atoms with Gasteiger partial charge in [0, 0.05) is 29.6 Å². The van der Waals surface area contributed by atoms with E-state index in [1.54, 1.807) is 23.9 Å². The van der Waals surface area contributed by atoms with Gasteiger partial charge in [0.15, 0.2) is 0 Å². The molecule has 0 saturated heterocycles. The van der Waals surface area contributed by atoms with Gasteiger partial charge in [-0.05, 0) is 31.7 Å². The Balaban J connectivity index is 2.06. The van der Waals surface area contributed by atoms with Gasteiger partial charge in [0.25, 0.3) is 0 Å². The summed E-state index contributed by atoms with van der Waals surface area (Å²) in [6.07, 6.45) is 3.82. The molecule has 1 atom stereocenters. The van der Waals surface area contributed by atoms with Crippen LogP contribution in [-0.2, 0) is 6.54 Å². The fraction of sp³-hybridized carbons (Fsp3) is 0.400. The van der Waals surface area contributed by atoms with Crippen LogP contribution in [0.25, 0.3) is 0 Å². The van der Waals surface area contributed by atoms with E-state index in [1.165, 1.54) is 6.07 Å². The molecule has 0 aliphatic heterocycles. The highest BCUT2D eigenvalue weighted by Crippen LogP contribution is 2.24. The van der Waals surface area contributed by atoms with E-state index in [0.29, 0.717) is 0 Å². The highest BCUT2D eigenvalue weighted by molar-refractivity contribution is 7.99. The van der Waals surface area contributed by atoms with Gasteiger partial charge in [0.2, 0.25) is 0 Å². The van der Waals surface area contributed by atoms with Gasteiger partial charge < -0.3 is 9.88 Å². The highest BCUT2D eigenvalue weighted by atomic mass is 32.2. The monoisotopic (exact) mass is 293 g/mol. The topological polar surface area (TPSA) is 29.9 Å². The van der Waals surface area contributed by atoms with E-state index >= 15 is 0 Å². The van der Waals surface area contributed by atoms with Crippen LogP contribution in [0.1, 0.15) is 25.7 Å². The molecular weight excluding hydrogens is 273 g/mol. The van der Waals surface area contributed by atoms with Crippen LogP contribution in [0.15, 0.2) is 41.6 Å². The third kappa shape index (κ3) is 3.84. The fourth-order valence-electron chi connectivity index (χ4n) is 2.11. The molecule has 1 heterocycles. The van der Waals surface area contributed by atoms with Crippen LogP contribution < -0.4 is 5.32 Å². The van der Waals surface area contributed by atoms with E-state index in [-0.39, 0.29) is 11.9 Å². The molecule has 2 aromatic rings. The summed E-state index contributed by atoms with van der Waals surface area (Å²) in [5.74, 6) is 1.68. The van der Waals surface area contributed by atoms with Crippen molar-refractivity contribution < 1.29 is 4.39 Å². The van der Waals surface area contributed by atoms with Crippen LogP contribution >= 0.6 is 11.8 Å². The summed E-state index contributed by atoms with van der Waals surface area (Å²) in [5.41, 5.74) is 0. The number of nitrogens with one attached hydrogen (secondary N) is 1. The summed E-state index contributed by atoms with van der Waals surface area (Å²) < 4.78 is 15.3. The molecule has 0 amide bonds. The first-order valence-electron chi connectivity index (χ1n) is 6.87. The minimum atomic E-state index is -0.190. The molecule has 20 heavy (non-hydrogen) atoms. The first kappa shape index (κ1) is 15.1. The van der Waals surface area contributed by atoms with Crippen molar-refractivity contribution in [2.24, 2.45) is 0 Å². The van der Waals surface area contributed by atoms with Gasteiger partial charge in [0.05, 0.1) is 6.04 Å². The zero-order chi connectivity index (χ0) is 14.4. The lowest BCUT2D eigenvalue weighted by molar-refractivity contribution is 0.539. The highest BCUT2D eigenvalue weighted by Gasteiger charge is 2.16. The molecule has 3 nitrogen and oxygen atoms in total. The first-order chi connectivity index (χ1) is 9.74. The second-order valence-corrected chi connectivity index (χ2v) is 5.54. The Kier molecular flexibility index (Phi) is 5.61. The van der Waals surface area contributed by atoms with Crippen molar-refractivity contribution in [1.29, 1.82) is 0 Å². The number of imidazole rings is 1. The number of hydrogen-bond acceptors (Lipinski definition) is 3. The average molecular weight is 293 g/mol.